The number of rotatable bonds is 6. The van der Waals surface area contributed by atoms with E-state index in [1.807, 2.05) is 0 Å². The number of amides is 2. The Morgan fingerprint density at radius 1 is 1.22 bits per heavy atom. The molecule has 1 aliphatic heterocycles. The number of hydrogen-bond donors (Lipinski definition) is 3. The molecule has 1 aliphatic rings. The molecule has 0 radical (unpaired) electrons. The Balaban J connectivity index is 1.96. The van der Waals surface area contributed by atoms with Crippen molar-refractivity contribution >= 4 is 17.6 Å². The van der Waals surface area contributed by atoms with Crippen LogP contribution in [0.5, 0.6) is 11.5 Å². The van der Waals surface area contributed by atoms with Crippen LogP contribution < -0.4 is 26.4 Å². The molecule has 1 aromatic heterocycles. The molecule has 32 heavy (non-hydrogen) atoms. The Hall–Kier alpha value is -4.10. The van der Waals surface area contributed by atoms with Gasteiger partial charge in [0.25, 0.3) is 11.8 Å². The maximum Gasteiger partial charge on any atom is 0.257 e. The van der Waals surface area contributed by atoms with Crippen LogP contribution in [0.1, 0.15) is 39.8 Å². The molecule has 1 aromatic carbocycles. The van der Waals surface area contributed by atoms with Crippen molar-refractivity contribution in [1.82, 2.24) is 20.4 Å². The van der Waals surface area contributed by atoms with Crippen molar-refractivity contribution in [2.75, 3.05) is 33.0 Å². The second kappa shape index (κ2) is 9.80. The van der Waals surface area contributed by atoms with Crippen LogP contribution in [0.2, 0.25) is 0 Å². The molecule has 1 saturated heterocycles. The molecule has 1 fully saturated rings. The van der Waals surface area contributed by atoms with Gasteiger partial charge in [-0.3, -0.25) is 15.0 Å². The van der Waals surface area contributed by atoms with Crippen LogP contribution in [0, 0.1) is 11.8 Å². The lowest BCUT2D eigenvalue weighted by Gasteiger charge is -2.16. The first kappa shape index (κ1) is 22.6. The molecule has 166 valence electrons. The number of nitrogens with zero attached hydrogens (tertiary/aromatic N) is 3. The molecule has 5 N–H and O–H groups in total. The molecular formula is C22H24N6O4. The average Bonchev–Trinajstić information content (AvgIpc) is 3.24. The van der Waals surface area contributed by atoms with Crippen LogP contribution >= 0.6 is 0 Å². The van der Waals surface area contributed by atoms with Gasteiger partial charge in [0.2, 0.25) is 0 Å². The first-order valence-corrected chi connectivity index (χ1v) is 9.74. The number of nitrogens with two attached hydrogens (primary N) is 2. The summed E-state index contributed by atoms with van der Waals surface area (Å²) < 4.78 is 10.5. The van der Waals surface area contributed by atoms with E-state index >= 15 is 0 Å². The summed E-state index contributed by atoms with van der Waals surface area (Å²) in [6.07, 6.45) is 1.89. The summed E-state index contributed by atoms with van der Waals surface area (Å²) in [7, 11) is 3.08. The van der Waals surface area contributed by atoms with Gasteiger partial charge in [0.05, 0.1) is 14.2 Å². The number of hydrazine groups is 1. The third-order valence-corrected chi connectivity index (χ3v) is 4.88. The van der Waals surface area contributed by atoms with Crippen LogP contribution in [-0.4, -0.2) is 54.1 Å². The van der Waals surface area contributed by atoms with Gasteiger partial charge in [0.15, 0.2) is 0 Å². The van der Waals surface area contributed by atoms with Crippen LogP contribution in [-0.2, 0) is 4.79 Å². The lowest BCUT2D eigenvalue weighted by molar-refractivity contribution is -0.120. The Morgan fingerprint density at radius 2 is 1.91 bits per heavy atom. The fourth-order valence-electron chi connectivity index (χ4n) is 3.30. The highest BCUT2D eigenvalue weighted by Crippen LogP contribution is 2.26. The number of nitrogen functional groups attached to an aromatic ring is 1. The van der Waals surface area contributed by atoms with Gasteiger partial charge in [-0.2, -0.15) is 0 Å². The van der Waals surface area contributed by atoms with Gasteiger partial charge in [-0.25, -0.2) is 15.0 Å². The van der Waals surface area contributed by atoms with Crippen LogP contribution in [0.15, 0.2) is 30.9 Å². The third-order valence-electron chi connectivity index (χ3n) is 4.88. The monoisotopic (exact) mass is 436 g/mol. The Morgan fingerprint density at radius 3 is 2.50 bits per heavy atom. The number of nitrogens with one attached hydrogen (secondary N) is 1. The zero-order valence-corrected chi connectivity index (χ0v) is 17.8. The van der Waals surface area contributed by atoms with E-state index in [0.29, 0.717) is 42.4 Å². The fraction of sp³-hybridized carbons (Fsp3) is 0.273. The molecule has 1 atom stereocenters. The predicted octanol–water partition coefficient (Wildman–Crippen LogP) is 0.581. The van der Waals surface area contributed by atoms with Crippen LogP contribution in [0.3, 0.4) is 0 Å². The van der Waals surface area contributed by atoms with E-state index in [-0.39, 0.29) is 28.9 Å². The fourth-order valence-corrected chi connectivity index (χ4v) is 3.30. The summed E-state index contributed by atoms with van der Waals surface area (Å²) in [5.41, 5.74) is 14.9. The van der Waals surface area contributed by atoms with Crippen molar-refractivity contribution < 1.29 is 19.1 Å². The maximum absolute atomic E-state index is 12.0. The Labute approximate surface area is 185 Å². The number of anilines is 1. The minimum atomic E-state index is -0.770. The van der Waals surface area contributed by atoms with Gasteiger partial charge in [0.1, 0.15) is 34.4 Å². The maximum atomic E-state index is 12.0. The van der Waals surface area contributed by atoms with Crippen LogP contribution in [0.25, 0.3) is 0 Å². The largest absolute Gasteiger partial charge is 0.497 e. The van der Waals surface area contributed by atoms with Crippen molar-refractivity contribution in [3.63, 3.8) is 0 Å². The zero-order chi connectivity index (χ0) is 23.3. The first-order valence-electron chi connectivity index (χ1n) is 9.74. The number of aromatic nitrogens is 2. The van der Waals surface area contributed by atoms with Gasteiger partial charge in [-0.1, -0.05) is 12.5 Å². The minimum absolute atomic E-state index is 0.0362. The van der Waals surface area contributed by atoms with E-state index < -0.39 is 5.91 Å². The summed E-state index contributed by atoms with van der Waals surface area (Å²) in [4.78, 5) is 32.3. The summed E-state index contributed by atoms with van der Waals surface area (Å²) in [6.45, 7) is 4.53. The second-order valence-corrected chi connectivity index (χ2v) is 7.02. The molecular weight excluding hydrogens is 412 g/mol. The highest BCUT2D eigenvalue weighted by atomic mass is 16.5. The molecule has 1 unspecified atom stereocenters. The molecule has 2 amide bonds. The van der Waals surface area contributed by atoms with Crippen molar-refractivity contribution in [2.24, 2.45) is 5.73 Å². The quantitative estimate of drug-likeness (QED) is 0.440. The van der Waals surface area contributed by atoms with E-state index in [1.54, 1.807) is 23.2 Å². The number of primary amides is 1. The summed E-state index contributed by atoms with van der Waals surface area (Å²) in [6, 6.07) is 5.17. The summed E-state index contributed by atoms with van der Waals surface area (Å²) >= 11 is 0. The lowest BCUT2D eigenvalue weighted by atomic mass is 10.1. The van der Waals surface area contributed by atoms with Gasteiger partial charge in [-0.05, 0) is 30.6 Å². The van der Waals surface area contributed by atoms with Gasteiger partial charge < -0.3 is 20.9 Å². The molecule has 0 saturated carbocycles. The topological polar surface area (TPSA) is 146 Å². The van der Waals surface area contributed by atoms with Gasteiger partial charge in [-0.15, -0.1) is 0 Å². The van der Waals surface area contributed by atoms with E-state index in [1.165, 1.54) is 20.3 Å². The second-order valence-electron chi connectivity index (χ2n) is 7.02. The Kier molecular flexibility index (Phi) is 6.92. The average molecular weight is 436 g/mol. The molecule has 10 nitrogen and oxygen atoms in total. The number of carbonyl (C=O) groups is 2. The molecule has 2 aromatic rings. The SMILES string of the molecule is C=CC(=O)NN1CCC(c2nc(N)c(C(N)=O)c(C#Cc3cc(OC)cc(OC)c3)n2)C1. The molecule has 0 bridgehead atoms. The minimum Gasteiger partial charge on any atom is -0.497 e. The predicted molar refractivity (Wildman–Crippen MR) is 118 cm³/mol. The molecule has 10 heteroatoms. The highest BCUT2D eigenvalue weighted by molar-refractivity contribution is 5.99. The van der Waals surface area contributed by atoms with Crippen molar-refractivity contribution in [1.29, 1.82) is 0 Å². The normalized spacial score (nSPS) is 15.4. The van der Waals surface area contributed by atoms with Crippen LogP contribution in [0.4, 0.5) is 5.82 Å². The summed E-state index contributed by atoms with van der Waals surface area (Å²) in [5.74, 6) is 6.18. The number of methoxy groups -OCH3 is 2. The van der Waals surface area contributed by atoms with E-state index in [9.17, 15) is 9.59 Å². The zero-order valence-electron chi connectivity index (χ0n) is 17.8. The van der Waals surface area contributed by atoms with Gasteiger partial charge in [0, 0.05) is 30.6 Å². The van der Waals surface area contributed by atoms with E-state index in [4.69, 9.17) is 20.9 Å². The van der Waals surface area contributed by atoms with Crippen molar-refractivity contribution in [3.8, 4) is 23.3 Å². The Bertz CT molecular complexity index is 1100. The molecule has 3 rings (SSSR count). The molecule has 2 heterocycles. The van der Waals surface area contributed by atoms with Crippen molar-refractivity contribution in [3.05, 3.63) is 53.5 Å². The number of ether oxygens (including phenoxy) is 2. The number of carbonyl (C=O) groups excluding carboxylic acids is 2. The van der Waals surface area contributed by atoms with E-state index in [2.05, 4.69) is 33.8 Å². The number of benzene rings is 1. The molecule has 0 aliphatic carbocycles. The highest BCUT2D eigenvalue weighted by Gasteiger charge is 2.28. The lowest BCUT2D eigenvalue weighted by Crippen LogP contribution is -2.39. The van der Waals surface area contributed by atoms with Gasteiger partial charge >= 0.3 is 0 Å². The standard InChI is InChI=1S/C22H24N6O4/c1-4-18(29)27-28-8-7-14(12-28)22-25-17(19(21(24)30)20(23)26-22)6-5-13-9-15(31-2)11-16(10-13)32-3/h4,9-11,14H,1,7-8,12H2,2-3H3,(H2,24,30)(H,27,29)(H2,23,25,26). The van der Waals surface area contributed by atoms with Crippen molar-refractivity contribution in [2.45, 2.75) is 12.3 Å². The third kappa shape index (κ3) is 5.14. The number of hydrogen-bond acceptors (Lipinski definition) is 8. The van der Waals surface area contributed by atoms with E-state index in [0.717, 1.165) is 0 Å². The smallest absolute Gasteiger partial charge is 0.257 e. The summed E-state index contributed by atoms with van der Waals surface area (Å²) in [5, 5.41) is 1.75. The molecule has 0 spiro atoms. The first-order chi connectivity index (χ1) is 15.3.